The molecule has 0 fully saturated rings. The van der Waals surface area contributed by atoms with E-state index in [-0.39, 0.29) is 12.0 Å². The molecule has 4 heteroatoms. The molecule has 1 rings (SSSR count). The van der Waals surface area contributed by atoms with Gasteiger partial charge in [0.2, 0.25) is 10.0 Å². The highest BCUT2D eigenvalue weighted by Crippen LogP contribution is 2.12. The zero-order valence-corrected chi connectivity index (χ0v) is 11.0. The summed E-state index contributed by atoms with van der Waals surface area (Å²) < 4.78 is 26.6. The van der Waals surface area contributed by atoms with E-state index in [0.717, 1.165) is 5.56 Å². The lowest BCUT2D eigenvalue weighted by atomic mass is 10.1. The van der Waals surface area contributed by atoms with Crippen molar-refractivity contribution in [2.24, 2.45) is 5.92 Å². The van der Waals surface area contributed by atoms with E-state index in [2.05, 4.69) is 4.72 Å². The van der Waals surface area contributed by atoms with Crippen molar-refractivity contribution in [1.82, 2.24) is 4.72 Å². The lowest BCUT2D eigenvalue weighted by molar-refractivity contribution is 0.476. The van der Waals surface area contributed by atoms with Crippen LogP contribution >= 0.6 is 0 Å². The third-order valence-corrected chi connectivity index (χ3v) is 4.25. The van der Waals surface area contributed by atoms with Gasteiger partial charge < -0.3 is 0 Å². The van der Waals surface area contributed by atoms with Gasteiger partial charge in [-0.25, -0.2) is 13.1 Å². The number of rotatable bonds is 4. The second kappa shape index (κ2) is 4.97. The van der Waals surface area contributed by atoms with Gasteiger partial charge in [0.05, 0.1) is 4.90 Å². The molecule has 0 heterocycles. The summed E-state index contributed by atoms with van der Waals surface area (Å²) in [5.74, 6) is 0.278. The number of benzene rings is 1. The second-order valence-electron chi connectivity index (χ2n) is 4.47. The first kappa shape index (κ1) is 13.2. The summed E-state index contributed by atoms with van der Waals surface area (Å²) in [4.78, 5) is 0.325. The highest BCUT2D eigenvalue weighted by molar-refractivity contribution is 7.89. The molecular weight excluding hydrogens is 222 g/mol. The van der Waals surface area contributed by atoms with Crippen molar-refractivity contribution in [3.05, 3.63) is 29.8 Å². The Labute approximate surface area is 97.9 Å². The lowest BCUT2D eigenvalue weighted by Gasteiger charge is -2.17. The quantitative estimate of drug-likeness (QED) is 0.879. The topological polar surface area (TPSA) is 46.2 Å². The average molecular weight is 241 g/mol. The smallest absolute Gasteiger partial charge is 0.208 e. The highest BCUT2D eigenvalue weighted by Gasteiger charge is 2.18. The molecule has 3 nitrogen and oxygen atoms in total. The Kier molecular flexibility index (Phi) is 4.10. The van der Waals surface area contributed by atoms with Gasteiger partial charge in [0.25, 0.3) is 0 Å². The molecule has 1 aromatic carbocycles. The molecule has 0 saturated heterocycles. The number of hydrogen-bond acceptors (Lipinski definition) is 2. The number of hydrogen-bond donors (Lipinski definition) is 1. The molecule has 1 atom stereocenters. The summed E-state index contributed by atoms with van der Waals surface area (Å²) in [6, 6.07) is 6.80. The Hall–Kier alpha value is -0.870. The van der Waals surface area contributed by atoms with E-state index in [1.807, 2.05) is 27.7 Å². The zero-order valence-electron chi connectivity index (χ0n) is 10.2. The Balaban J connectivity index is 2.90. The minimum absolute atomic E-state index is 0.0636. The fourth-order valence-electron chi connectivity index (χ4n) is 1.17. The molecule has 0 aliphatic rings. The molecule has 0 saturated carbocycles. The Morgan fingerprint density at radius 1 is 1.06 bits per heavy atom. The van der Waals surface area contributed by atoms with E-state index in [1.54, 1.807) is 24.3 Å². The van der Waals surface area contributed by atoms with Crippen LogP contribution in [0, 0.1) is 12.8 Å². The maximum Gasteiger partial charge on any atom is 0.240 e. The van der Waals surface area contributed by atoms with Crippen molar-refractivity contribution in [1.29, 1.82) is 0 Å². The molecule has 0 unspecified atom stereocenters. The summed E-state index contributed by atoms with van der Waals surface area (Å²) in [7, 11) is -3.37. The third-order valence-electron chi connectivity index (χ3n) is 2.67. The SMILES string of the molecule is Cc1ccc(S(=O)(=O)N[C@H](C)C(C)C)cc1. The van der Waals surface area contributed by atoms with Crippen molar-refractivity contribution in [2.75, 3.05) is 0 Å². The van der Waals surface area contributed by atoms with E-state index in [4.69, 9.17) is 0 Å². The monoisotopic (exact) mass is 241 g/mol. The van der Waals surface area contributed by atoms with Gasteiger partial charge in [-0.3, -0.25) is 0 Å². The summed E-state index contributed by atoms with van der Waals surface area (Å²) in [6.07, 6.45) is 0. The van der Waals surface area contributed by atoms with Crippen molar-refractivity contribution in [3.8, 4) is 0 Å². The van der Waals surface area contributed by atoms with Gasteiger partial charge >= 0.3 is 0 Å². The first-order valence-electron chi connectivity index (χ1n) is 5.42. The fourth-order valence-corrected chi connectivity index (χ4v) is 2.56. The number of sulfonamides is 1. The maximum absolute atomic E-state index is 11.9. The Bertz CT molecular complexity index is 435. The molecule has 1 aromatic rings. The molecule has 0 aliphatic carbocycles. The molecule has 0 radical (unpaired) electrons. The average Bonchev–Trinajstić information content (AvgIpc) is 2.17. The van der Waals surface area contributed by atoms with Crippen LogP contribution in [0.4, 0.5) is 0 Å². The minimum Gasteiger partial charge on any atom is -0.208 e. The highest BCUT2D eigenvalue weighted by atomic mass is 32.2. The van der Waals surface area contributed by atoms with E-state index >= 15 is 0 Å². The maximum atomic E-state index is 11.9. The van der Waals surface area contributed by atoms with E-state index < -0.39 is 10.0 Å². The normalized spacial score (nSPS) is 14.1. The molecule has 0 bridgehead atoms. The summed E-state index contributed by atoms with van der Waals surface area (Å²) in [5, 5.41) is 0. The molecule has 0 aliphatic heterocycles. The first-order valence-corrected chi connectivity index (χ1v) is 6.90. The third kappa shape index (κ3) is 3.32. The predicted molar refractivity (Wildman–Crippen MR) is 65.8 cm³/mol. The fraction of sp³-hybridized carbons (Fsp3) is 0.500. The van der Waals surface area contributed by atoms with Gasteiger partial charge in [0, 0.05) is 6.04 Å². The predicted octanol–water partition coefficient (Wildman–Crippen LogP) is 2.32. The standard InChI is InChI=1S/C12H19NO2S/c1-9(2)11(4)13-16(14,15)12-7-5-10(3)6-8-12/h5-9,11,13H,1-4H3/t11-/m1/s1. The molecule has 90 valence electrons. The largest absolute Gasteiger partial charge is 0.240 e. The van der Waals surface area contributed by atoms with E-state index in [1.165, 1.54) is 0 Å². The van der Waals surface area contributed by atoms with Gasteiger partial charge in [0.15, 0.2) is 0 Å². The molecule has 0 aromatic heterocycles. The van der Waals surface area contributed by atoms with Crippen LogP contribution in [0.3, 0.4) is 0 Å². The molecular formula is C12H19NO2S. The molecule has 0 amide bonds. The zero-order chi connectivity index (χ0) is 12.3. The van der Waals surface area contributed by atoms with Crippen LogP contribution in [0.25, 0.3) is 0 Å². The van der Waals surface area contributed by atoms with Gasteiger partial charge in [-0.15, -0.1) is 0 Å². The number of nitrogens with one attached hydrogen (secondary N) is 1. The van der Waals surface area contributed by atoms with Crippen molar-refractivity contribution < 1.29 is 8.42 Å². The summed E-state index contributed by atoms with van der Waals surface area (Å²) in [6.45, 7) is 7.78. The van der Waals surface area contributed by atoms with E-state index in [9.17, 15) is 8.42 Å². The van der Waals surface area contributed by atoms with Gasteiger partial charge in [-0.1, -0.05) is 31.5 Å². The molecule has 16 heavy (non-hydrogen) atoms. The van der Waals surface area contributed by atoms with Crippen LogP contribution in [-0.2, 0) is 10.0 Å². The summed E-state index contributed by atoms with van der Waals surface area (Å²) in [5.41, 5.74) is 1.05. The van der Waals surface area contributed by atoms with E-state index in [0.29, 0.717) is 4.90 Å². The minimum atomic E-state index is -3.37. The second-order valence-corrected chi connectivity index (χ2v) is 6.18. The Morgan fingerprint density at radius 3 is 2.00 bits per heavy atom. The van der Waals surface area contributed by atoms with Crippen LogP contribution in [0.1, 0.15) is 26.3 Å². The molecule has 1 N–H and O–H groups in total. The van der Waals surface area contributed by atoms with Crippen molar-refractivity contribution >= 4 is 10.0 Å². The van der Waals surface area contributed by atoms with Crippen molar-refractivity contribution in [3.63, 3.8) is 0 Å². The molecule has 0 spiro atoms. The Morgan fingerprint density at radius 2 is 1.56 bits per heavy atom. The van der Waals surface area contributed by atoms with Crippen molar-refractivity contribution in [2.45, 2.75) is 38.6 Å². The van der Waals surface area contributed by atoms with Gasteiger partial charge in [-0.2, -0.15) is 0 Å². The lowest BCUT2D eigenvalue weighted by Crippen LogP contribution is -2.36. The van der Waals surface area contributed by atoms with Gasteiger partial charge in [-0.05, 0) is 31.9 Å². The van der Waals surface area contributed by atoms with Gasteiger partial charge in [0.1, 0.15) is 0 Å². The van der Waals surface area contributed by atoms with Crippen LogP contribution in [0.15, 0.2) is 29.2 Å². The van der Waals surface area contributed by atoms with Crippen LogP contribution in [-0.4, -0.2) is 14.5 Å². The van der Waals surface area contributed by atoms with Crippen LogP contribution < -0.4 is 4.72 Å². The van der Waals surface area contributed by atoms with Crippen LogP contribution in [0.2, 0.25) is 0 Å². The van der Waals surface area contributed by atoms with Crippen LogP contribution in [0.5, 0.6) is 0 Å². The first-order chi connectivity index (χ1) is 7.33. The number of aryl methyl sites for hydroxylation is 1. The summed E-state index contributed by atoms with van der Waals surface area (Å²) >= 11 is 0.